The van der Waals surface area contributed by atoms with Crippen LogP contribution in [0.2, 0.25) is 0 Å². The molecule has 0 fully saturated rings. The standard InChI is InChI=1S/C24H32N6O8S/c1-39-7-6-17(24(37)38)28-22(35)18(9-14-11-26-12-27-14)30-23(36)19(10-20(32)33)29-21(34)16(25)8-13-2-4-15(31)5-3-13/h2-5,11-12,16-19,31H,6-10,25H2,1H3,(H,26,27)(H,28,35)(H,29,34)(H,30,36)(H,32,33)(H,37,38). The fourth-order valence-electron chi connectivity index (χ4n) is 3.50. The number of nitrogens with two attached hydrogens (primary N) is 1. The van der Waals surface area contributed by atoms with Crippen molar-refractivity contribution in [3.8, 4) is 5.75 Å². The average Bonchev–Trinajstić information content (AvgIpc) is 3.39. The molecule has 9 N–H and O–H groups in total. The summed E-state index contributed by atoms with van der Waals surface area (Å²) in [5.74, 6) is -4.73. The molecule has 2 aromatic rings. The third-order valence-corrected chi connectivity index (χ3v) is 6.22. The predicted octanol–water partition coefficient (Wildman–Crippen LogP) is -1.01. The van der Waals surface area contributed by atoms with Gasteiger partial charge in [-0.25, -0.2) is 9.78 Å². The second-order valence-corrected chi connectivity index (χ2v) is 9.64. The van der Waals surface area contributed by atoms with Gasteiger partial charge in [-0.3, -0.25) is 19.2 Å². The van der Waals surface area contributed by atoms with E-state index in [4.69, 9.17) is 5.73 Å². The van der Waals surface area contributed by atoms with E-state index in [0.717, 1.165) is 0 Å². The number of benzene rings is 1. The maximum absolute atomic E-state index is 13.1. The molecule has 1 aromatic carbocycles. The second kappa shape index (κ2) is 15.3. The Labute approximate surface area is 228 Å². The minimum atomic E-state index is -1.58. The van der Waals surface area contributed by atoms with E-state index >= 15 is 0 Å². The van der Waals surface area contributed by atoms with E-state index in [1.54, 1.807) is 18.4 Å². The topological polar surface area (TPSA) is 237 Å². The van der Waals surface area contributed by atoms with Crippen molar-refractivity contribution in [2.45, 2.75) is 49.9 Å². The average molecular weight is 565 g/mol. The van der Waals surface area contributed by atoms with Gasteiger partial charge in [0.1, 0.15) is 23.9 Å². The third-order valence-electron chi connectivity index (χ3n) is 5.58. The van der Waals surface area contributed by atoms with Crippen LogP contribution in [-0.4, -0.2) is 91.1 Å². The number of hydrogen-bond donors (Lipinski definition) is 8. The molecule has 1 aromatic heterocycles. The van der Waals surface area contributed by atoms with Crippen LogP contribution in [0.1, 0.15) is 24.1 Å². The maximum atomic E-state index is 13.1. The summed E-state index contributed by atoms with van der Waals surface area (Å²) < 4.78 is 0. The van der Waals surface area contributed by atoms with Crippen molar-refractivity contribution < 1.29 is 39.3 Å². The number of nitrogens with zero attached hydrogens (tertiary/aromatic N) is 1. The van der Waals surface area contributed by atoms with Gasteiger partial charge in [-0.05, 0) is 42.5 Å². The molecule has 4 atom stereocenters. The monoisotopic (exact) mass is 564 g/mol. The number of rotatable bonds is 16. The number of phenolic OH excluding ortho intramolecular Hbond substituents is 1. The quantitative estimate of drug-likeness (QED) is 0.123. The first kappa shape index (κ1) is 31.1. The summed E-state index contributed by atoms with van der Waals surface area (Å²) in [6, 6.07) is 0.716. The number of carbonyl (C=O) groups is 5. The Morgan fingerprint density at radius 1 is 0.949 bits per heavy atom. The lowest BCUT2D eigenvalue weighted by Gasteiger charge is -2.24. The number of carboxylic acid groups (broad SMARTS) is 2. The number of amides is 3. The first-order valence-electron chi connectivity index (χ1n) is 11.9. The first-order chi connectivity index (χ1) is 18.5. The summed E-state index contributed by atoms with van der Waals surface area (Å²) >= 11 is 1.40. The van der Waals surface area contributed by atoms with Gasteiger partial charge in [0.15, 0.2) is 0 Å². The van der Waals surface area contributed by atoms with Crippen LogP contribution in [0.4, 0.5) is 0 Å². The predicted molar refractivity (Wildman–Crippen MR) is 141 cm³/mol. The van der Waals surface area contributed by atoms with Crippen LogP contribution in [-0.2, 0) is 36.8 Å². The van der Waals surface area contributed by atoms with E-state index in [1.165, 1.54) is 36.4 Å². The van der Waals surface area contributed by atoms with Crippen molar-refractivity contribution in [2.24, 2.45) is 5.73 Å². The lowest BCUT2D eigenvalue weighted by Crippen LogP contribution is -2.58. The smallest absolute Gasteiger partial charge is 0.326 e. The molecule has 0 spiro atoms. The van der Waals surface area contributed by atoms with Crippen molar-refractivity contribution in [3.63, 3.8) is 0 Å². The summed E-state index contributed by atoms with van der Waals surface area (Å²) in [7, 11) is 0. The lowest BCUT2D eigenvalue weighted by molar-refractivity contribution is -0.143. The van der Waals surface area contributed by atoms with Crippen molar-refractivity contribution in [3.05, 3.63) is 48.0 Å². The van der Waals surface area contributed by atoms with E-state index in [9.17, 15) is 39.3 Å². The number of aromatic hydroxyl groups is 1. The highest BCUT2D eigenvalue weighted by Crippen LogP contribution is 2.11. The zero-order valence-electron chi connectivity index (χ0n) is 21.1. The lowest BCUT2D eigenvalue weighted by atomic mass is 10.0. The molecule has 0 bridgehead atoms. The summed E-state index contributed by atoms with van der Waals surface area (Å²) in [5, 5.41) is 35.3. The Morgan fingerprint density at radius 3 is 2.13 bits per heavy atom. The van der Waals surface area contributed by atoms with Crippen LogP contribution in [0.5, 0.6) is 5.75 Å². The molecule has 2 rings (SSSR count). The molecular weight excluding hydrogens is 532 g/mol. The minimum Gasteiger partial charge on any atom is -0.508 e. The Bertz CT molecular complexity index is 1130. The number of H-pyrrole nitrogens is 1. The molecule has 14 nitrogen and oxygen atoms in total. The summed E-state index contributed by atoms with van der Waals surface area (Å²) in [4.78, 5) is 68.5. The molecule has 1 heterocycles. The van der Waals surface area contributed by atoms with E-state index in [1.807, 2.05) is 0 Å². The van der Waals surface area contributed by atoms with Gasteiger partial charge in [-0.1, -0.05) is 12.1 Å². The largest absolute Gasteiger partial charge is 0.508 e. The van der Waals surface area contributed by atoms with Gasteiger partial charge < -0.3 is 42.0 Å². The molecule has 3 amide bonds. The van der Waals surface area contributed by atoms with E-state index in [-0.39, 0.29) is 25.0 Å². The Balaban J connectivity index is 2.16. The number of phenols is 1. The molecule has 0 aliphatic carbocycles. The fourth-order valence-corrected chi connectivity index (χ4v) is 3.98. The number of aromatic nitrogens is 2. The molecular formula is C24H32N6O8S. The van der Waals surface area contributed by atoms with Gasteiger partial charge in [0.05, 0.1) is 18.8 Å². The van der Waals surface area contributed by atoms with Gasteiger partial charge >= 0.3 is 11.9 Å². The van der Waals surface area contributed by atoms with E-state index < -0.39 is 60.2 Å². The highest BCUT2D eigenvalue weighted by molar-refractivity contribution is 7.98. The van der Waals surface area contributed by atoms with Gasteiger partial charge in [0.2, 0.25) is 17.7 Å². The Hall–Kier alpha value is -4.11. The second-order valence-electron chi connectivity index (χ2n) is 8.66. The SMILES string of the molecule is CSCCC(NC(=O)C(Cc1cnc[nH]1)NC(=O)C(CC(=O)O)NC(=O)C(N)Cc1ccc(O)cc1)C(=O)O. The Morgan fingerprint density at radius 2 is 1.56 bits per heavy atom. The molecule has 0 saturated heterocycles. The van der Waals surface area contributed by atoms with E-state index in [0.29, 0.717) is 17.0 Å². The van der Waals surface area contributed by atoms with Crippen molar-refractivity contribution in [1.29, 1.82) is 0 Å². The van der Waals surface area contributed by atoms with Gasteiger partial charge in [0, 0.05) is 18.3 Å². The van der Waals surface area contributed by atoms with Crippen LogP contribution in [0.3, 0.4) is 0 Å². The number of thioether (sulfide) groups is 1. The zero-order chi connectivity index (χ0) is 28.9. The van der Waals surface area contributed by atoms with Gasteiger partial charge in [-0.15, -0.1) is 0 Å². The van der Waals surface area contributed by atoms with E-state index in [2.05, 4.69) is 25.9 Å². The van der Waals surface area contributed by atoms with Gasteiger partial charge in [0.25, 0.3) is 0 Å². The summed E-state index contributed by atoms with van der Waals surface area (Å²) in [6.45, 7) is 0. The molecule has 0 aliphatic heterocycles. The van der Waals surface area contributed by atoms with Gasteiger partial charge in [-0.2, -0.15) is 11.8 Å². The fraction of sp³-hybridized carbons (Fsp3) is 0.417. The molecule has 0 radical (unpaired) electrons. The number of nitrogens with one attached hydrogen (secondary N) is 4. The number of imidazole rings is 1. The highest BCUT2D eigenvalue weighted by Gasteiger charge is 2.31. The van der Waals surface area contributed by atoms with Crippen LogP contribution in [0.25, 0.3) is 0 Å². The molecule has 39 heavy (non-hydrogen) atoms. The molecule has 212 valence electrons. The van der Waals surface area contributed by atoms with Crippen LogP contribution >= 0.6 is 11.8 Å². The van der Waals surface area contributed by atoms with Crippen molar-refractivity contribution in [2.75, 3.05) is 12.0 Å². The highest BCUT2D eigenvalue weighted by atomic mass is 32.2. The maximum Gasteiger partial charge on any atom is 0.326 e. The third kappa shape index (κ3) is 10.6. The summed E-state index contributed by atoms with van der Waals surface area (Å²) in [5.41, 5.74) is 7.01. The molecule has 15 heteroatoms. The number of hydrogen-bond acceptors (Lipinski definition) is 9. The molecule has 4 unspecified atom stereocenters. The minimum absolute atomic E-state index is 0.0302. The zero-order valence-corrected chi connectivity index (χ0v) is 21.9. The Kier molecular flexibility index (Phi) is 12.2. The van der Waals surface area contributed by atoms with Crippen LogP contribution in [0, 0.1) is 0 Å². The van der Waals surface area contributed by atoms with Crippen LogP contribution < -0.4 is 21.7 Å². The molecule has 0 saturated carbocycles. The normalized spacial score (nSPS) is 13.9. The van der Waals surface area contributed by atoms with Crippen molar-refractivity contribution >= 4 is 41.4 Å². The molecule has 0 aliphatic rings. The summed E-state index contributed by atoms with van der Waals surface area (Å²) in [6.07, 6.45) is 3.83. The number of carbonyl (C=O) groups excluding carboxylic acids is 3. The first-order valence-corrected chi connectivity index (χ1v) is 13.2. The number of aromatic amines is 1. The van der Waals surface area contributed by atoms with Crippen molar-refractivity contribution in [1.82, 2.24) is 25.9 Å². The number of aliphatic carboxylic acids is 2. The van der Waals surface area contributed by atoms with Crippen LogP contribution in [0.15, 0.2) is 36.8 Å². The number of carboxylic acids is 2.